The first kappa shape index (κ1) is 14.0. The molecular formula is C13H17ClFNO. The fourth-order valence-electron chi connectivity index (χ4n) is 1.51. The van der Waals surface area contributed by atoms with Gasteiger partial charge in [0, 0.05) is 18.0 Å². The number of nitrogens with one attached hydrogen (secondary N) is 1. The topological polar surface area (TPSA) is 29.1 Å². The molecule has 0 saturated heterocycles. The minimum atomic E-state index is -0.285. The fraction of sp³-hybridized carbons (Fsp3) is 0.462. The Bertz CT molecular complexity index is 393. The van der Waals surface area contributed by atoms with Crippen LogP contribution in [0.15, 0.2) is 18.2 Å². The molecule has 1 N–H and O–H groups in total. The molecule has 4 heteroatoms. The molecule has 1 rings (SSSR count). The Balaban J connectivity index is 2.40. The molecular weight excluding hydrogens is 241 g/mol. The van der Waals surface area contributed by atoms with E-state index in [1.54, 1.807) is 6.07 Å². The van der Waals surface area contributed by atoms with Crippen molar-refractivity contribution in [1.29, 1.82) is 0 Å². The predicted octanol–water partition coefficient (Wildman–Crippen LogP) is 3.18. The standard InChI is InChI=1S/C13H17ClFNO/c1-9(2)7-13(17)16-6-5-10-8-11(14)3-4-12(10)15/h3-4,8-9H,5-7H2,1-2H3,(H,16,17). The van der Waals surface area contributed by atoms with Gasteiger partial charge < -0.3 is 5.32 Å². The number of benzene rings is 1. The molecule has 0 aliphatic rings. The van der Waals surface area contributed by atoms with E-state index in [0.29, 0.717) is 35.9 Å². The van der Waals surface area contributed by atoms with Crippen LogP contribution in [0, 0.1) is 11.7 Å². The molecule has 94 valence electrons. The molecule has 2 nitrogen and oxygen atoms in total. The van der Waals surface area contributed by atoms with E-state index in [0.717, 1.165) is 0 Å². The van der Waals surface area contributed by atoms with Gasteiger partial charge in [0.15, 0.2) is 0 Å². The van der Waals surface area contributed by atoms with E-state index >= 15 is 0 Å². The van der Waals surface area contributed by atoms with Crippen molar-refractivity contribution in [2.45, 2.75) is 26.7 Å². The lowest BCUT2D eigenvalue weighted by Gasteiger charge is -2.08. The molecule has 0 fully saturated rings. The summed E-state index contributed by atoms with van der Waals surface area (Å²) >= 11 is 5.77. The van der Waals surface area contributed by atoms with Gasteiger partial charge in [0.1, 0.15) is 5.82 Å². The molecule has 1 amide bonds. The third-order valence-electron chi connectivity index (χ3n) is 2.32. The Kier molecular flexibility index (Phi) is 5.42. The van der Waals surface area contributed by atoms with E-state index in [1.165, 1.54) is 12.1 Å². The van der Waals surface area contributed by atoms with Gasteiger partial charge in [-0.25, -0.2) is 4.39 Å². The van der Waals surface area contributed by atoms with E-state index in [1.807, 2.05) is 13.8 Å². The number of amides is 1. The van der Waals surface area contributed by atoms with Crippen molar-refractivity contribution in [3.05, 3.63) is 34.6 Å². The second-order valence-electron chi connectivity index (χ2n) is 4.43. The average molecular weight is 258 g/mol. The number of carbonyl (C=O) groups excluding carboxylic acids is 1. The van der Waals surface area contributed by atoms with E-state index in [9.17, 15) is 9.18 Å². The quantitative estimate of drug-likeness (QED) is 0.862. The van der Waals surface area contributed by atoms with E-state index in [2.05, 4.69) is 5.32 Å². The summed E-state index contributed by atoms with van der Waals surface area (Å²) in [5, 5.41) is 3.27. The van der Waals surface area contributed by atoms with Crippen molar-refractivity contribution in [2.75, 3.05) is 6.54 Å². The number of hydrogen-bond donors (Lipinski definition) is 1. The van der Waals surface area contributed by atoms with Crippen LogP contribution in [0.3, 0.4) is 0 Å². The molecule has 0 heterocycles. The maximum absolute atomic E-state index is 13.3. The second kappa shape index (κ2) is 6.60. The van der Waals surface area contributed by atoms with Crippen LogP contribution in [-0.2, 0) is 11.2 Å². The first-order chi connectivity index (χ1) is 7.99. The van der Waals surface area contributed by atoms with Crippen molar-refractivity contribution in [1.82, 2.24) is 5.32 Å². The Morgan fingerprint density at radius 2 is 2.18 bits per heavy atom. The van der Waals surface area contributed by atoms with Gasteiger partial charge in [-0.05, 0) is 36.1 Å². The number of carbonyl (C=O) groups is 1. The molecule has 17 heavy (non-hydrogen) atoms. The maximum atomic E-state index is 13.3. The van der Waals surface area contributed by atoms with Gasteiger partial charge in [-0.15, -0.1) is 0 Å². The molecule has 1 aromatic carbocycles. The van der Waals surface area contributed by atoms with Crippen molar-refractivity contribution in [3.8, 4) is 0 Å². The molecule has 1 aromatic rings. The number of halogens is 2. The lowest BCUT2D eigenvalue weighted by molar-refractivity contribution is -0.121. The summed E-state index contributed by atoms with van der Waals surface area (Å²) in [4.78, 5) is 11.4. The van der Waals surface area contributed by atoms with E-state index in [4.69, 9.17) is 11.6 Å². The minimum Gasteiger partial charge on any atom is -0.356 e. The molecule has 0 saturated carbocycles. The van der Waals surface area contributed by atoms with Crippen LogP contribution in [0.2, 0.25) is 5.02 Å². The molecule has 0 spiro atoms. The maximum Gasteiger partial charge on any atom is 0.220 e. The summed E-state index contributed by atoms with van der Waals surface area (Å²) in [6.45, 7) is 4.40. The van der Waals surface area contributed by atoms with Gasteiger partial charge in [-0.3, -0.25) is 4.79 Å². The lowest BCUT2D eigenvalue weighted by Crippen LogP contribution is -2.26. The summed E-state index contributed by atoms with van der Waals surface area (Å²) in [6, 6.07) is 4.44. The van der Waals surface area contributed by atoms with Crippen LogP contribution in [0.4, 0.5) is 4.39 Å². The zero-order valence-electron chi connectivity index (χ0n) is 10.1. The van der Waals surface area contributed by atoms with Gasteiger partial charge in [-0.1, -0.05) is 25.4 Å². The Morgan fingerprint density at radius 3 is 2.82 bits per heavy atom. The fourth-order valence-corrected chi connectivity index (χ4v) is 1.71. The smallest absolute Gasteiger partial charge is 0.220 e. The van der Waals surface area contributed by atoms with Crippen molar-refractivity contribution in [3.63, 3.8) is 0 Å². The zero-order chi connectivity index (χ0) is 12.8. The Labute approximate surface area is 106 Å². The van der Waals surface area contributed by atoms with Crippen LogP contribution in [0.25, 0.3) is 0 Å². The molecule has 0 aliphatic heterocycles. The zero-order valence-corrected chi connectivity index (χ0v) is 10.9. The van der Waals surface area contributed by atoms with Crippen LogP contribution in [0.5, 0.6) is 0 Å². The highest BCUT2D eigenvalue weighted by molar-refractivity contribution is 6.30. The minimum absolute atomic E-state index is 0.00226. The van der Waals surface area contributed by atoms with Gasteiger partial charge in [0.05, 0.1) is 0 Å². The van der Waals surface area contributed by atoms with Crippen LogP contribution >= 0.6 is 11.6 Å². The number of rotatable bonds is 5. The lowest BCUT2D eigenvalue weighted by atomic mass is 10.1. The third-order valence-corrected chi connectivity index (χ3v) is 2.55. The Hall–Kier alpha value is -1.09. The van der Waals surface area contributed by atoms with Gasteiger partial charge in [-0.2, -0.15) is 0 Å². The van der Waals surface area contributed by atoms with E-state index in [-0.39, 0.29) is 11.7 Å². The predicted molar refractivity (Wildman–Crippen MR) is 67.6 cm³/mol. The highest BCUT2D eigenvalue weighted by atomic mass is 35.5. The van der Waals surface area contributed by atoms with Gasteiger partial charge in [0.2, 0.25) is 5.91 Å². The highest BCUT2D eigenvalue weighted by Crippen LogP contribution is 2.15. The van der Waals surface area contributed by atoms with Crippen LogP contribution in [-0.4, -0.2) is 12.5 Å². The summed E-state index contributed by atoms with van der Waals surface area (Å²) in [5.74, 6) is 0.0489. The molecule has 0 bridgehead atoms. The van der Waals surface area contributed by atoms with Crippen molar-refractivity contribution < 1.29 is 9.18 Å². The second-order valence-corrected chi connectivity index (χ2v) is 4.87. The normalized spacial score (nSPS) is 10.6. The monoisotopic (exact) mass is 257 g/mol. The molecule has 0 atom stereocenters. The summed E-state index contributed by atoms with van der Waals surface area (Å²) in [6.07, 6.45) is 0.953. The first-order valence-electron chi connectivity index (χ1n) is 5.69. The Morgan fingerprint density at radius 1 is 1.47 bits per heavy atom. The van der Waals surface area contributed by atoms with Gasteiger partial charge in [0.25, 0.3) is 0 Å². The molecule has 0 radical (unpaired) electrons. The summed E-state index contributed by atoms with van der Waals surface area (Å²) in [7, 11) is 0. The van der Waals surface area contributed by atoms with Crippen molar-refractivity contribution in [2.24, 2.45) is 5.92 Å². The van der Waals surface area contributed by atoms with Crippen molar-refractivity contribution >= 4 is 17.5 Å². The van der Waals surface area contributed by atoms with Gasteiger partial charge >= 0.3 is 0 Å². The third kappa shape index (κ3) is 5.18. The summed E-state index contributed by atoms with van der Waals surface area (Å²) in [5.41, 5.74) is 0.530. The first-order valence-corrected chi connectivity index (χ1v) is 6.07. The van der Waals surface area contributed by atoms with E-state index < -0.39 is 0 Å². The highest BCUT2D eigenvalue weighted by Gasteiger charge is 2.06. The molecule has 0 aliphatic carbocycles. The molecule has 0 aromatic heterocycles. The summed E-state index contributed by atoms with van der Waals surface area (Å²) < 4.78 is 13.3. The SMILES string of the molecule is CC(C)CC(=O)NCCc1cc(Cl)ccc1F. The average Bonchev–Trinajstić information content (AvgIpc) is 2.22. The van der Waals surface area contributed by atoms with Crippen LogP contribution < -0.4 is 5.32 Å². The molecule has 0 unspecified atom stereocenters. The van der Waals surface area contributed by atoms with Crippen LogP contribution in [0.1, 0.15) is 25.8 Å². The number of hydrogen-bond acceptors (Lipinski definition) is 1. The largest absolute Gasteiger partial charge is 0.356 e.